The van der Waals surface area contributed by atoms with E-state index in [9.17, 15) is 35.1 Å². The van der Waals surface area contributed by atoms with E-state index in [0.29, 0.717) is 0 Å². The van der Waals surface area contributed by atoms with Crippen LogP contribution in [-0.4, -0.2) is 44.5 Å². The molecule has 1 radical (unpaired) electrons. The second-order valence-corrected chi connectivity index (χ2v) is 2.25. The molecule has 0 amide bonds. The normalized spacial score (nSPS) is 15.4. The molecule has 3 nitrogen and oxygen atoms in total. The van der Waals surface area contributed by atoms with Gasteiger partial charge >= 0.3 is 12.6 Å². The largest absolute Gasteiger partial charge is 0.759 e. The summed E-state index contributed by atoms with van der Waals surface area (Å²) in [4.78, 5) is 0. The van der Waals surface area contributed by atoms with Crippen LogP contribution < -0.4 is 0 Å². The Morgan fingerprint density at radius 1 is 1.00 bits per heavy atom. The van der Waals surface area contributed by atoms with Gasteiger partial charge in [0.1, 0.15) is 0 Å². The minimum absolute atomic E-state index is 0. The van der Waals surface area contributed by atoms with Gasteiger partial charge in [-0.25, -0.2) is 0 Å². The fraction of sp³-hybridized carbons (Fsp3) is 1.00. The molecule has 0 saturated heterocycles. The zero-order valence-electron chi connectivity index (χ0n) is 5.94. The first kappa shape index (κ1) is 15.7. The van der Waals surface area contributed by atoms with E-state index in [0.717, 1.165) is 0 Å². The zero-order valence-corrected chi connectivity index (χ0v) is 6.76. The predicted molar refractivity (Wildman–Crippen MR) is 28.6 cm³/mol. The van der Waals surface area contributed by atoms with E-state index in [2.05, 4.69) is 0 Å². The van der Waals surface area contributed by atoms with Crippen molar-refractivity contribution in [2.75, 3.05) is 0 Å². The predicted octanol–water partition coefficient (Wildman–Crippen LogP) is 0.741. The monoisotopic (exact) mass is 223 g/mol. The van der Waals surface area contributed by atoms with Crippen LogP contribution in [-0.2, 0) is 11.3 Å². The van der Waals surface area contributed by atoms with Crippen molar-refractivity contribution in [1.29, 1.82) is 0 Å². The summed E-state index contributed by atoms with van der Waals surface area (Å²) < 4.78 is 84.1. The molecule has 11 heteroatoms. The molecule has 0 aromatic carbocycles. The fourth-order valence-electron chi connectivity index (χ4n) is 0.313. The van der Waals surface area contributed by atoms with Crippen LogP contribution in [0.4, 0.5) is 26.3 Å². The molecule has 0 spiro atoms. The summed E-state index contributed by atoms with van der Waals surface area (Å²) in [6, 6.07) is 0. The summed E-state index contributed by atoms with van der Waals surface area (Å²) in [6.07, 6.45) is -12.0. The maximum absolute atomic E-state index is 11.3. The van der Waals surface area contributed by atoms with Crippen LogP contribution in [0.1, 0.15) is 0 Å². The molecule has 0 heterocycles. The van der Waals surface area contributed by atoms with Crippen molar-refractivity contribution in [3.8, 4) is 0 Å². The van der Waals surface area contributed by atoms with Gasteiger partial charge in [0.2, 0.25) is 0 Å². The Morgan fingerprint density at radius 3 is 1.23 bits per heavy atom. The number of hydrogen-bond acceptors (Lipinski definition) is 2. The van der Waals surface area contributed by atoms with Gasteiger partial charge in [-0.05, 0) is 4.31 Å². The van der Waals surface area contributed by atoms with Gasteiger partial charge in [0.05, 0.1) is 0 Å². The van der Waals surface area contributed by atoms with Gasteiger partial charge in [-0.1, -0.05) is 0 Å². The van der Waals surface area contributed by atoms with Gasteiger partial charge in [-0.15, -0.1) is 0 Å². The second-order valence-electron chi connectivity index (χ2n) is 1.45. The van der Waals surface area contributed by atoms with Gasteiger partial charge in [-0.3, -0.25) is 4.21 Å². The number of alkyl halides is 6. The minimum Gasteiger partial charge on any atom is -0.759 e. The van der Waals surface area contributed by atoms with Crippen LogP contribution in [0.3, 0.4) is 0 Å². The maximum Gasteiger partial charge on any atom is 0.477 e. The third kappa shape index (κ3) is 4.87. The third-order valence-corrected chi connectivity index (χ3v) is 1.32. The number of nitrogens with zero attached hydrogens (tertiary/aromatic N) is 1. The first-order chi connectivity index (χ1) is 5.07. The standard InChI is InChI=1S/C2HF6NO2S.Li/c3-1(4,5)9(12(10)11)2(6,7)8;/h(H,10,11);/p-1. The third-order valence-electron chi connectivity index (χ3n) is 0.610. The first-order valence-corrected chi connectivity index (χ1v) is 3.13. The maximum atomic E-state index is 11.3. The molecule has 0 aliphatic heterocycles. The number of halogens is 6. The Kier molecular flexibility index (Phi) is 5.62. The molecular weight excluding hydrogens is 223 g/mol. The Morgan fingerprint density at radius 2 is 1.23 bits per heavy atom. The van der Waals surface area contributed by atoms with Crippen molar-refractivity contribution in [1.82, 2.24) is 4.31 Å². The van der Waals surface area contributed by atoms with Crippen LogP contribution in [0, 0.1) is 0 Å². The van der Waals surface area contributed by atoms with E-state index >= 15 is 0 Å². The van der Waals surface area contributed by atoms with E-state index in [1.165, 1.54) is 0 Å². The summed E-state index contributed by atoms with van der Waals surface area (Å²) in [7, 11) is 0. The Hall–Kier alpha value is 0.247. The topological polar surface area (TPSA) is 43.4 Å². The molecule has 0 aromatic rings. The molecule has 0 rings (SSSR count). The van der Waals surface area contributed by atoms with E-state index in [4.69, 9.17) is 0 Å². The minimum atomic E-state index is -5.98. The molecular formula is C2F6LiNO2S-. The molecule has 13 heavy (non-hydrogen) atoms. The summed E-state index contributed by atoms with van der Waals surface area (Å²) in [6.45, 7) is 0. The van der Waals surface area contributed by atoms with Crippen molar-refractivity contribution in [3.05, 3.63) is 0 Å². The molecule has 0 aliphatic carbocycles. The van der Waals surface area contributed by atoms with Crippen molar-refractivity contribution in [2.45, 2.75) is 12.6 Å². The van der Waals surface area contributed by atoms with Gasteiger partial charge in [0.15, 0.2) is 0 Å². The van der Waals surface area contributed by atoms with Gasteiger partial charge in [-0.2, -0.15) is 26.3 Å². The molecule has 75 valence electrons. The van der Waals surface area contributed by atoms with Crippen LogP contribution in [0.2, 0.25) is 0 Å². The molecule has 1 atom stereocenters. The average Bonchev–Trinajstić information content (AvgIpc) is 1.49. The molecule has 0 fully saturated rings. The van der Waals surface area contributed by atoms with Crippen molar-refractivity contribution >= 4 is 30.1 Å². The quantitative estimate of drug-likeness (QED) is 0.285. The van der Waals surface area contributed by atoms with Crippen LogP contribution in [0.25, 0.3) is 0 Å². The van der Waals surface area contributed by atoms with E-state index < -0.39 is 28.2 Å². The summed E-state index contributed by atoms with van der Waals surface area (Å²) >= 11 is -4.41. The van der Waals surface area contributed by atoms with Crippen LogP contribution in [0.15, 0.2) is 0 Å². The Balaban J connectivity index is 0. The van der Waals surface area contributed by atoms with Crippen molar-refractivity contribution < 1.29 is 35.1 Å². The molecule has 0 aliphatic rings. The summed E-state index contributed by atoms with van der Waals surface area (Å²) in [5, 5.41) is 0. The molecule has 0 N–H and O–H groups in total. The molecule has 0 bridgehead atoms. The zero-order chi connectivity index (χ0) is 10.2. The van der Waals surface area contributed by atoms with E-state index in [1.807, 2.05) is 0 Å². The fourth-order valence-corrected chi connectivity index (χ4v) is 0.651. The first-order valence-electron chi connectivity index (χ1n) is 2.10. The SMILES string of the molecule is O=S([O-])N(C(F)(F)F)C(F)(F)F.[Li]. The average molecular weight is 223 g/mol. The van der Waals surface area contributed by atoms with Crippen LogP contribution in [0.5, 0.6) is 0 Å². The Bertz CT molecular complexity index is 176. The Labute approximate surface area is 82.7 Å². The van der Waals surface area contributed by atoms with Crippen LogP contribution >= 0.6 is 0 Å². The van der Waals surface area contributed by atoms with E-state index in [1.54, 1.807) is 0 Å². The molecule has 1 unspecified atom stereocenters. The van der Waals surface area contributed by atoms with Gasteiger partial charge in [0, 0.05) is 30.1 Å². The second kappa shape index (κ2) is 4.65. The van der Waals surface area contributed by atoms with E-state index in [-0.39, 0.29) is 18.9 Å². The summed E-state index contributed by atoms with van der Waals surface area (Å²) in [5.74, 6) is 0. The number of rotatable bonds is 1. The van der Waals surface area contributed by atoms with Gasteiger partial charge in [0.25, 0.3) is 0 Å². The number of hydrogen-bond donors (Lipinski definition) is 0. The smallest absolute Gasteiger partial charge is 0.477 e. The molecule has 0 saturated carbocycles. The van der Waals surface area contributed by atoms with Crippen molar-refractivity contribution in [2.24, 2.45) is 0 Å². The van der Waals surface area contributed by atoms with Crippen molar-refractivity contribution in [3.63, 3.8) is 0 Å². The van der Waals surface area contributed by atoms with Gasteiger partial charge < -0.3 is 4.55 Å². The summed E-state index contributed by atoms with van der Waals surface area (Å²) in [5.41, 5.74) is 0. The molecule has 0 aromatic heterocycles.